The van der Waals surface area contributed by atoms with E-state index in [1.54, 1.807) is 23.1 Å². The Kier molecular flexibility index (Phi) is 4.08. The third-order valence-electron chi connectivity index (χ3n) is 3.45. The molecule has 0 unspecified atom stereocenters. The monoisotopic (exact) mass is 304 g/mol. The van der Waals surface area contributed by atoms with E-state index in [1.807, 2.05) is 24.5 Å². The molecule has 0 saturated carbocycles. The lowest BCUT2D eigenvalue weighted by atomic mass is 9.93. The van der Waals surface area contributed by atoms with Gasteiger partial charge in [0.1, 0.15) is 0 Å². The number of nitrogens with one attached hydrogen (secondary N) is 1. The van der Waals surface area contributed by atoms with E-state index in [-0.39, 0.29) is 11.8 Å². The number of carbonyl (C=O) groups excluding carboxylic acids is 1. The Bertz CT molecular complexity index is 663. The van der Waals surface area contributed by atoms with Gasteiger partial charge in [-0.25, -0.2) is 4.98 Å². The maximum absolute atomic E-state index is 12.2. The summed E-state index contributed by atoms with van der Waals surface area (Å²) in [6.45, 7) is 0. The van der Waals surface area contributed by atoms with Gasteiger partial charge in [-0.15, -0.1) is 11.3 Å². The van der Waals surface area contributed by atoms with E-state index >= 15 is 0 Å². The molecule has 1 aromatic heterocycles. The minimum absolute atomic E-state index is 0.110. The summed E-state index contributed by atoms with van der Waals surface area (Å²) in [4.78, 5) is 16.7. The number of amides is 1. The third kappa shape index (κ3) is 2.88. The topological polar surface area (TPSA) is 42.0 Å². The molecule has 0 aliphatic heterocycles. The van der Waals surface area contributed by atoms with Crippen molar-refractivity contribution in [3.05, 3.63) is 30.4 Å². The summed E-state index contributed by atoms with van der Waals surface area (Å²) in [5, 5.41) is 3.03. The Hall–Kier alpha value is -1.33. The molecule has 0 fully saturated rings. The molecular formula is C15H16N2OS2. The van der Waals surface area contributed by atoms with E-state index < -0.39 is 0 Å². The van der Waals surface area contributed by atoms with E-state index in [9.17, 15) is 4.79 Å². The molecule has 1 aromatic carbocycles. The second-order valence-corrected chi connectivity index (χ2v) is 6.92. The zero-order chi connectivity index (χ0) is 13.9. The molecule has 1 aliphatic carbocycles. The first-order chi connectivity index (χ1) is 9.76. The molecule has 0 bridgehead atoms. The molecule has 3 rings (SSSR count). The summed E-state index contributed by atoms with van der Waals surface area (Å²) in [7, 11) is 0. The zero-order valence-electron chi connectivity index (χ0n) is 11.3. The van der Waals surface area contributed by atoms with Crippen molar-refractivity contribution in [3.63, 3.8) is 0 Å². The second-order valence-electron chi connectivity index (χ2n) is 4.84. The van der Waals surface area contributed by atoms with Crippen molar-refractivity contribution in [3.8, 4) is 0 Å². The Morgan fingerprint density at radius 2 is 2.35 bits per heavy atom. The molecule has 3 nitrogen and oxygen atoms in total. The number of benzene rings is 1. The van der Waals surface area contributed by atoms with Crippen LogP contribution in [-0.2, 0) is 4.79 Å². The Labute approximate surface area is 126 Å². The van der Waals surface area contributed by atoms with Crippen molar-refractivity contribution in [2.24, 2.45) is 5.92 Å². The average Bonchev–Trinajstić information content (AvgIpc) is 2.90. The second kappa shape index (κ2) is 5.97. The quantitative estimate of drug-likeness (QED) is 0.678. The SMILES string of the molecule is CSc1nc2ccc(NC(=O)[C@@H]3CC=CCC3)cc2s1. The smallest absolute Gasteiger partial charge is 0.227 e. The normalized spacial score (nSPS) is 18.4. The van der Waals surface area contributed by atoms with Crippen LogP contribution in [0.2, 0.25) is 0 Å². The molecule has 1 atom stereocenters. The van der Waals surface area contributed by atoms with Gasteiger partial charge >= 0.3 is 0 Å². The maximum Gasteiger partial charge on any atom is 0.227 e. The number of anilines is 1. The molecule has 1 heterocycles. The van der Waals surface area contributed by atoms with Crippen LogP contribution in [0.3, 0.4) is 0 Å². The molecule has 104 valence electrons. The van der Waals surface area contributed by atoms with E-state index in [0.717, 1.165) is 39.5 Å². The summed E-state index contributed by atoms with van der Waals surface area (Å²) in [6.07, 6.45) is 9.08. The molecule has 5 heteroatoms. The number of aromatic nitrogens is 1. The fourth-order valence-electron chi connectivity index (χ4n) is 2.34. The van der Waals surface area contributed by atoms with Gasteiger partial charge in [-0.3, -0.25) is 4.79 Å². The lowest BCUT2D eigenvalue weighted by molar-refractivity contribution is -0.120. The Morgan fingerprint density at radius 3 is 3.10 bits per heavy atom. The van der Waals surface area contributed by atoms with Crippen LogP contribution in [0.25, 0.3) is 10.2 Å². The van der Waals surface area contributed by atoms with Crippen molar-refractivity contribution in [1.82, 2.24) is 4.98 Å². The van der Waals surface area contributed by atoms with Crippen LogP contribution in [-0.4, -0.2) is 17.1 Å². The van der Waals surface area contributed by atoms with E-state index in [2.05, 4.69) is 22.5 Å². The highest BCUT2D eigenvalue weighted by molar-refractivity contribution is 8.00. The van der Waals surface area contributed by atoms with Crippen molar-refractivity contribution < 1.29 is 4.79 Å². The first-order valence-electron chi connectivity index (χ1n) is 6.66. The lowest BCUT2D eigenvalue weighted by Gasteiger charge is -2.17. The number of fused-ring (bicyclic) bond motifs is 1. The van der Waals surface area contributed by atoms with Gasteiger partial charge in [0.05, 0.1) is 10.2 Å². The number of allylic oxidation sites excluding steroid dienone is 2. The summed E-state index contributed by atoms with van der Waals surface area (Å²) >= 11 is 3.31. The molecule has 20 heavy (non-hydrogen) atoms. The Morgan fingerprint density at radius 1 is 1.45 bits per heavy atom. The van der Waals surface area contributed by atoms with E-state index in [1.165, 1.54) is 0 Å². The summed E-state index contributed by atoms with van der Waals surface area (Å²) in [6, 6.07) is 5.92. The molecule has 1 aliphatic rings. The molecule has 0 saturated heterocycles. The van der Waals surface area contributed by atoms with E-state index in [4.69, 9.17) is 0 Å². The van der Waals surface area contributed by atoms with Gasteiger partial charge < -0.3 is 5.32 Å². The average molecular weight is 304 g/mol. The number of nitrogens with zero attached hydrogens (tertiary/aromatic N) is 1. The fraction of sp³-hybridized carbons (Fsp3) is 0.333. The van der Waals surface area contributed by atoms with Gasteiger partial charge in [-0.05, 0) is 43.7 Å². The number of carbonyl (C=O) groups is 1. The number of rotatable bonds is 3. The van der Waals surface area contributed by atoms with Gasteiger partial charge in [-0.2, -0.15) is 0 Å². The largest absolute Gasteiger partial charge is 0.326 e. The summed E-state index contributed by atoms with van der Waals surface area (Å²) in [5.74, 6) is 0.238. The summed E-state index contributed by atoms with van der Waals surface area (Å²) < 4.78 is 2.18. The molecule has 1 amide bonds. The highest BCUT2D eigenvalue weighted by atomic mass is 32.2. The van der Waals surface area contributed by atoms with Crippen LogP contribution in [0.4, 0.5) is 5.69 Å². The van der Waals surface area contributed by atoms with Crippen molar-refractivity contribution in [2.45, 2.75) is 23.6 Å². The predicted molar refractivity (Wildman–Crippen MR) is 86.5 cm³/mol. The van der Waals surface area contributed by atoms with Crippen molar-refractivity contribution in [1.29, 1.82) is 0 Å². The van der Waals surface area contributed by atoms with Crippen LogP contribution in [0.1, 0.15) is 19.3 Å². The predicted octanol–water partition coefficient (Wildman–Crippen LogP) is 4.31. The van der Waals surface area contributed by atoms with Gasteiger partial charge in [-0.1, -0.05) is 23.9 Å². The third-order valence-corrected chi connectivity index (χ3v) is 5.45. The van der Waals surface area contributed by atoms with Gasteiger partial charge in [0.2, 0.25) is 5.91 Å². The van der Waals surface area contributed by atoms with Crippen LogP contribution in [0.15, 0.2) is 34.7 Å². The number of thioether (sulfide) groups is 1. The number of thiazole rings is 1. The number of hydrogen-bond donors (Lipinski definition) is 1. The minimum Gasteiger partial charge on any atom is -0.326 e. The van der Waals surface area contributed by atoms with Crippen LogP contribution < -0.4 is 5.32 Å². The van der Waals surface area contributed by atoms with Gasteiger partial charge in [0.25, 0.3) is 0 Å². The first-order valence-corrected chi connectivity index (χ1v) is 8.71. The van der Waals surface area contributed by atoms with Crippen LogP contribution in [0.5, 0.6) is 0 Å². The first kappa shape index (κ1) is 13.6. The van der Waals surface area contributed by atoms with Gasteiger partial charge in [0.15, 0.2) is 4.34 Å². The zero-order valence-corrected chi connectivity index (χ0v) is 12.9. The van der Waals surface area contributed by atoms with Crippen molar-refractivity contribution in [2.75, 3.05) is 11.6 Å². The molecule has 0 spiro atoms. The lowest BCUT2D eigenvalue weighted by Crippen LogP contribution is -2.23. The molecule has 2 aromatic rings. The minimum atomic E-state index is 0.110. The van der Waals surface area contributed by atoms with Crippen molar-refractivity contribution >= 4 is 44.9 Å². The summed E-state index contributed by atoms with van der Waals surface area (Å²) in [5.41, 5.74) is 1.87. The maximum atomic E-state index is 12.2. The van der Waals surface area contributed by atoms with E-state index in [0.29, 0.717) is 0 Å². The molecular weight excluding hydrogens is 288 g/mol. The van der Waals surface area contributed by atoms with Crippen LogP contribution >= 0.6 is 23.1 Å². The number of hydrogen-bond acceptors (Lipinski definition) is 4. The fourth-order valence-corrected chi connectivity index (χ4v) is 3.87. The Balaban J connectivity index is 1.76. The highest BCUT2D eigenvalue weighted by Crippen LogP contribution is 2.30. The molecule has 0 radical (unpaired) electrons. The van der Waals surface area contributed by atoms with Crippen LogP contribution in [0, 0.1) is 5.92 Å². The standard InChI is InChI=1S/C15H16N2OS2/c1-19-15-17-12-8-7-11(9-13(12)20-15)16-14(18)10-5-3-2-4-6-10/h2-3,7-10H,4-6H2,1H3,(H,16,18)/t10-/m1/s1. The highest BCUT2D eigenvalue weighted by Gasteiger charge is 2.18. The van der Waals surface area contributed by atoms with Gasteiger partial charge in [0, 0.05) is 11.6 Å². The molecule has 1 N–H and O–H groups in total.